The molecular weight excluding hydrogens is 490 g/mol. The largest absolute Gasteiger partial charge is 0.492 e. The van der Waals surface area contributed by atoms with Crippen molar-refractivity contribution >= 4 is 50.8 Å². The van der Waals surface area contributed by atoms with E-state index < -0.39 is 0 Å². The van der Waals surface area contributed by atoms with E-state index in [2.05, 4.69) is 26.6 Å². The highest BCUT2D eigenvalue weighted by Crippen LogP contribution is 2.26. The van der Waals surface area contributed by atoms with E-state index in [-0.39, 0.29) is 16.9 Å². The Kier molecular flexibility index (Phi) is 9.05. The topological polar surface area (TPSA) is 70.7 Å². The van der Waals surface area contributed by atoms with Gasteiger partial charge in [-0.2, -0.15) is 0 Å². The average molecular weight is 518 g/mol. The lowest BCUT2D eigenvalue weighted by molar-refractivity contribution is 0.0762. The maximum Gasteiger partial charge on any atom is 0.257 e. The molecule has 0 aromatic heterocycles. The maximum atomic E-state index is 13.1. The minimum Gasteiger partial charge on any atom is -0.492 e. The number of halogens is 1. The van der Waals surface area contributed by atoms with Crippen LogP contribution >= 0.6 is 28.1 Å². The van der Waals surface area contributed by atoms with Gasteiger partial charge in [0.2, 0.25) is 0 Å². The Morgan fingerprint density at radius 3 is 2.50 bits per heavy atom. The predicted octanol–water partition coefficient (Wildman–Crippen LogP) is 5.38. The van der Waals surface area contributed by atoms with E-state index in [9.17, 15) is 9.59 Å². The van der Waals surface area contributed by atoms with E-state index in [0.29, 0.717) is 33.6 Å². The first-order valence-electron chi connectivity index (χ1n) is 10.9. The number of likely N-dealkylation sites (tertiary alicyclic amines) is 1. The molecule has 6 nitrogen and oxygen atoms in total. The van der Waals surface area contributed by atoms with Crippen LogP contribution in [0.25, 0.3) is 0 Å². The van der Waals surface area contributed by atoms with Gasteiger partial charge in [0.15, 0.2) is 5.11 Å². The molecule has 2 aromatic carbocycles. The molecule has 8 heteroatoms. The van der Waals surface area contributed by atoms with E-state index in [1.807, 2.05) is 24.0 Å². The SMILES string of the molecule is CCCOc1ccc(C(=O)NC(=S)Nc2ccccc2C(=O)N2CCCCCC2)cc1Br. The second-order valence-electron chi connectivity index (χ2n) is 7.65. The van der Waals surface area contributed by atoms with Crippen molar-refractivity contribution in [1.29, 1.82) is 0 Å². The third kappa shape index (κ3) is 6.53. The molecule has 0 bridgehead atoms. The Hall–Kier alpha value is -2.45. The van der Waals surface area contributed by atoms with Gasteiger partial charge in [0, 0.05) is 18.7 Å². The van der Waals surface area contributed by atoms with Gasteiger partial charge in [-0.1, -0.05) is 31.9 Å². The van der Waals surface area contributed by atoms with Crippen molar-refractivity contribution in [2.75, 3.05) is 25.0 Å². The van der Waals surface area contributed by atoms with Crippen LogP contribution in [0.3, 0.4) is 0 Å². The van der Waals surface area contributed by atoms with Gasteiger partial charge < -0.3 is 15.0 Å². The molecule has 0 saturated carbocycles. The summed E-state index contributed by atoms with van der Waals surface area (Å²) in [7, 11) is 0. The summed E-state index contributed by atoms with van der Waals surface area (Å²) in [4.78, 5) is 27.6. The van der Waals surface area contributed by atoms with Gasteiger partial charge in [0.05, 0.1) is 22.3 Å². The molecule has 1 fully saturated rings. The average Bonchev–Trinajstić information content (AvgIpc) is 3.07. The quantitative estimate of drug-likeness (QED) is 0.503. The molecule has 1 aliphatic heterocycles. The molecule has 3 rings (SSSR count). The van der Waals surface area contributed by atoms with E-state index in [1.54, 1.807) is 30.3 Å². The highest BCUT2D eigenvalue weighted by Gasteiger charge is 2.20. The summed E-state index contributed by atoms with van der Waals surface area (Å²) in [6.07, 6.45) is 5.25. The molecule has 170 valence electrons. The van der Waals surface area contributed by atoms with E-state index in [0.717, 1.165) is 45.2 Å². The highest BCUT2D eigenvalue weighted by atomic mass is 79.9. The summed E-state index contributed by atoms with van der Waals surface area (Å²) in [5.74, 6) is 0.322. The number of amides is 2. The molecule has 0 unspecified atom stereocenters. The molecule has 0 aliphatic carbocycles. The number of ether oxygens (including phenoxy) is 1. The van der Waals surface area contributed by atoms with Crippen molar-refractivity contribution in [1.82, 2.24) is 10.2 Å². The number of thiocarbonyl (C=S) groups is 1. The lowest BCUT2D eigenvalue weighted by Gasteiger charge is -2.22. The zero-order valence-electron chi connectivity index (χ0n) is 18.2. The van der Waals surface area contributed by atoms with E-state index in [4.69, 9.17) is 17.0 Å². The Labute approximate surface area is 202 Å². The monoisotopic (exact) mass is 517 g/mol. The van der Waals surface area contributed by atoms with Crippen LogP contribution in [0.5, 0.6) is 5.75 Å². The summed E-state index contributed by atoms with van der Waals surface area (Å²) in [6, 6.07) is 12.4. The second-order valence-corrected chi connectivity index (χ2v) is 8.92. The number of carbonyl (C=O) groups excluding carboxylic acids is 2. The van der Waals surface area contributed by atoms with Crippen LogP contribution in [-0.4, -0.2) is 41.5 Å². The standard InChI is InChI=1S/C24H28BrN3O3S/c1-2-15-31-21-12-11-17(16-19(21)25)22(29)27-24(32)26-20-10-6-5-9-18(20)23(30)28-13-7-3-4-8-14-28/h5-6,9-12,16H,2-4,7-8,13-15H2,1H3,(H2,26,27,29,32). The van der Waals surface area contributed by atoms with Crippen LogP contribution in [0.2, 0.25) is 0 Å². The minimum absolute atomic E-state index is 0.0178. The summed E-state index contributed by atoms with van der Waals surface area (Å²) in [6.45, 7) is 4.17. The molecule has 2 N–H and O–H groups in total. The van der Waals surface area contributed by atoms with Gasteiger partial charge in [-0.3, -0.25) is 14.9 Å². The van der Waals surface area contributed by atoms with Crippen molar-refractivity contribution in [2.24, 2.45) is 0 Å². The molecule has 1 heterocycles. The van der Waals surface area contributed by atoms with Gasteiger partial charge in [0.25, 0.3) is 11.8 Å². The third-order valence-electron chi connectivity index (χ3n) is 5.18. The molecule has 2 aromatic rings. The van der Waals surface area contributed by atoms with Crippen molar-refractivity contribution < 1.29 is 14.3 Å². The molecule has 0 radical (unpaired) electrons. The van der Waals surface area contributed by atoms with Crippen LogP contribution < -0.4 is 15.4 Å². The van der Waals surface area contributed by atoms with Crippen LogP contribution in [0.15, 0.2) is 46.9 Å². The lowest BCUT2D eigenvalue weighted by atomic mass is 10.1. The summed E-state index contributed by atoms with van der Waals surface area (Å²) < 4.78 is 6.32. The molecule has 2 amide bonds. The van der Waals surface area contributed by atoms with Crippen LogP contribution in [0.4, 0.5) is 5.69 Å². The number of hydrogen-bond donors (Lipinski definition) is 2. The summed E-state index contributed by atoms with van der Waals surface area (Å²) >= 11 is 8.79. The number of nitrogens with one attached hydrogen (secondary N) is 2. The Balaban J connectivity index is 1.65. The molecule has 0 spiro atoms. The first-order valence-corrected chi connectivity index (χ1v) is 12.1. The van der Waals surface area contributed by atoms with Gasteiger partial charge >= 0.3 is 0 Å². The zero-order chi connectivity index (χ0) is 22.9. The number of nitrogens with zero attached hydrogens (tertiary/aromatic N) is 1. The number of hydrogen-bond acceptors (Lipinski definition) is 4. The van der Waals surface area contributed by atoms with Gasteiger partial charge in [-0.15, -0.1) is 0 Å². The predicted molar refractivity (Wildman–Crippen MR) is 134 cm³/mol. The molecule has 1 saturated heterocycles. The normalized spacial score (nSPS) is 13.8. The van der Waals surface area contributed by atoms with Crippen molar-refractivity contribution in [2.45, 2.75) is 39.0 Å². The summed E-state index contributed by atoms with van der Waals surface area (Å²) in [5.41, 5.74) is 1.57. The summed E-state index contributed by atoms with van der Waals surface area (Å²) in [5, 5.41) is 5.83. The lowest BCUT2D eigenvalue weighted by Crippen LogP contribution is -2.36. The van der Waals surface area contributed by atoms with Crippen LogP contribution in [0.1, 0.15) is 59.7 Å². The smallest absolute Gasteiger partial charge is 0.257 e. The van der Waals surface area contributed by atoms with Gasteiger partial charge in [-0.05, 0) is 77.7 Å². The Morgan fingerprint density at radius 2 is 1.81 bits per heavy atom. The van der Waals surface area contributed by atoms with Crippen molar-refractivity contribution in [3.05, 3.63) is 58.1 Å². The first-order chi connectivity index (χ1) is 15.5. The fourth-order valence-corrected chi connectivity index (χ4v) is 4.22. The van der Waals surface area contributed by atoms with Crippen LogP contribution in [-0.2, 0) is 0 Å². The highest BCUT2D eigenvalue weighted by molar-refractivity contribution is 9.10. The number of rotatable bonds is 6. The Morgan fingerprint density at radius 1 is 1.09 bits per heavy atom. The molecule has 32 heavy (non-hydrogen) atoms. The van der Waals surface area contributed by atoms with Crippen LogP contribution in [0, 0.1) is 0 Å². The van der Waals surface area contributed by atoms with Gasteiger partial charge in [-0.25, -0.2) is 0 Å². The number of anilines is 1. The van der Waals surface area contributed by atoms with E-state index >= 15 is 0 Å². The third-order valence-corrected chi connectivity index (χ3v) is 6.01. The number of benzene rings is 2. The Bertz CT molecular complexity index is 975. The second kappa shape index (κ2) is 12.0. The van der Waals surface area contributed by atoms with Gasteiger partial charge in [0.1, 0.15) is 5.75 Å². The van der Waals surface area contributed by atoms with Crippen molar-refractivity contribution in [3.63, 3.8) is 0 Å². The van der Waals surface area contributed by atoms with E-state index in [1.165, 1.54) is 0 Å². The first kappa shape index (κ1) is 24.2. The maximum absolute atomic E-state index is 13.1. The number of para-hydroxylation sites is 1. The molecular formula is C24H28BrN3O3S. The zero-order valence-corrected chi connectivity index (χ0v) is 20.6. The molecule has 1 aliphatic rings. The molecule has 0 atom stereocenters. The minimum atomic E-state index is -0.346. The fourth-order valence-electron chi connectivity index (χ4n) is 3.52. The fraction of sp³-hybridized carbons (Fsp3) is 0.375. The van der Waals surface area contributed by atoms with Crippen molar-refractivity contribution in [3.8, 4) is 5.75 Å². The number of carbonyl (C=O) groups is 2.